The second kappa shape index (κ2) is 3.58. The number of carbonyl (C=O) groups excluding carboxylic acids is 1. The summed E-state index contributed by atoms with van der Waals surface area (Å²) in [6, 6.07) is 5.02. The zero-order valence-corrected chi connectivity index (χ0v) is 5.24. The standard InChI is InChI=1S/C6H6N2O.H2O/c7-6(9)5-3-1-2-4-8-5;/h1-4H,(H2,7,9);1H2. The number of hydrogen-bond donors (Lipinski definition) is 1. The van der Waals surface area contributed by atoms with E-state index in [9.17, 15) is 4.79 Å². The Labute approximate surface area is 58.0 Å². The van der Waals surface area contributed by atoms with Crippen molar-refractivity contribution in [3.63, 3.8) is 0 Å². The first-order valence-corrected chi connectivity index (χ1v) is 2.51. The van der Waals surface area contributed by atoms with Crippen LogP contribution >= 0.6 is 0 Å². The molecule has 0 fully saturated rings. The molecule has 0 aromatic carbocycles. The molecule has 1 aromatic heterocycles. The summed E-state index contributed by atoms with van der Waals surface area (Å²) in [4.78, 5) is 14.1. The number of rotatable bonds is 1. The predicted molar refractivity (Wildman–Crippen MR) is 36.4 cm³/mol. The lowest BCUT2D eigenvalue weighted by Crippen LogP contribution is -2.12. The molecule has 0 atom stereocenters. The second-order valence-corrected chi connectivity index (χ2v) is 1.58. The highest BCUT2D eigenvalue weighted by Gasteiger charge is 1.95. The number of amides is 1. The smallest absolute Gasteiger partial charge is 0.267 e. The highest BCUT2D eigenvalue weighted by molar-refractivity contribution is 5.90. The van der Waals surface area contributed by atoms with E-state index in [2.05, 4.69) is 4.98 Å². The molecule has 1 heterocycles. The van der Waals surface area contributed by atoms with E-state index in [1.54, 1.807) is 18.2 Å². The van der Waals surface area contributed by atoms with E-state index < -0.39 is 5.91 Å². The fourth-order valence-corrected chi connectivity index (χ4v) is 0.509. The van der Waals surface area contributed by atoms with Crippen LogP contribution in [-0.2, 0) is 0 Å². The topological polar surface area (TPSA) is 87.5 Å². The second-order valence-electron chi connectivity index (χ2n) is 1.58. The Morgan fingerprint density at radius 3 is 2.50 bits per heavy atom. The average Bonchev–Trinajstić information content (AvgIpc) is 1.90. The van der Waals surface area contributed by atoms with Gasteiger partial charge in [-0.15, -0.1) is 0 Å². The number of pyridine rings is 1. The lowest BCUT2D eigenvalue weighted by Gasteiger charge is -1.88. The quantitative estimate of drug-likeness (QED) is 0.562. The Bertz CT molecular complexity index is 210. The summed E-state index contributed by atoms with van der Waals surface area (Å²) in [5.41, 5.74) is 5.22. The molecule has 10 heavy (non-hydrogen) atoms. The van der Waals surface area contributed by atoms with Crippen LogP contribution in [0.2, 0.25) is 0 Å². The van der Waals surface area contributed by atoms with Gasteiger partial charge in [-0.2, -0.15) is 0 Å². The van der Waals surface area contributed by atoms with Crippen molar-refractivity contribution in [1.82, 2.24) is 4.98 Å². The third-order valence-corrected chi connectivity index (χ3v) is 0.917. The zero-order chi connectivity index (χ0) is 6.69. The van der Waals surface area contributed by atoms with Crippen molar-refractivity contribution in [3.05, 3.63) is 30.1 Å². The van der Waals surface area contributed by atoms with Crippen molar-refractivity contribution in [3.8, 4) is 0 Å². The Hall–Kier alpha value is -1.42. The fraction of sp³-hybridized carbons (Fsp3) is 0. The summed E-state index contributed by atoms with van der Waals surface area (Å²) in [6.45, 7) is 0. The van der Waals surface area contributed by atoms with Crippen LogP contribution in [-0.4, -0.2) is 16.4 Å². The van der Waals surface area contributed by atoms with Crippen LogP contribution in [0, 0.1) is 0 Å². The van der Waals surface area contributed by atoms with E-state index in [1.165, 1.54) is 6.20 Å². The molecule has 54 valence electrons. The molecule has 0 aliphatic rings. The van der Waals surface area contributed by atoms with E-state index >= 15 is 0 Å². The molecule has 1 amide bonds. The van der Waals surface area contributed by atoms with Gasteiger partial charge in [-0.05, 0) is 12.1 Å². The summed E-state index contributed by atoms with van der Waals surface area (Å²) >= 11 is 0. The lowest BCUT2D eigenvalue weighted by atomic mass is 10.3. The van der Waals surface area contributed by atoms with Crippen LogP contribution in [0.25, 0.3) is 0 Å². The molecule has 4 heteroatoms. The molecule has 0 bridgehead atoms. The molecule has 0 radical (unpaired) electrons. The summed E-state index contributed by atoms with van der Waals surface area (Å²) in [6.07, 6.45) is 1.53. The van der Waals surface area contributed by atoms with Crippen molar-refractivity contribution in [2.75, 3.05) is 0 Å². The SMILES string of the molecule is NC(=O)c1ccccn1.O. The van der Waals surface area contributed by atoms with E-state index in [-0.39, 0.29) is 5.48 Å². The summed E-state index contributed by atoms with van der Waals surface area (Å²) in [7, 11) is 0. The van der Waals surface area contributed by atoms with Gasteiger partial charge in [-0.1, -0.05) is 6.07 Å². The molecule has 4 nitrogen and oxygen atoms in total. The van der Waals surface area contributed by atoms with Gasteiger partial charge in [0.1, 0.15) is 5.69 Å². The van der Waals surface area contributed by atoms with Crippen molar-refractivity contribution in [2.45, 2.75) is 0 Å². The predicted octanol–water partition coefficient (Wildman–Crippen LogP) is -0.644. The largest absolute Gasteiger partial charge is 0.412 e. The molecular formula is C6H8N2O2. The third-order valence-electron chi connectivity index (χ3n) is 0.917. The number of primary amides is 1. The number of nitrogens with zero attached hydrogens (tertiary/aromatic N) is 1. The number of aromatic nitrogens is 1. The zero-order valence-electron chi connectivity index (χ0n) is 5.24. The van der Waals surface area contributed by atoms with Crippen LogP contribution in [0.3, 0.4) is 0 Å². The number of hydrogen-bond acceptors (Lipinski definition) is 2. The lowest BCUT2D eigenvalue weighted by molar-refractivity contribution is 0.0995. The van der Waals surface area contributed by atoms with Gasteiger partial charge in [0.15, 0.2) is 0 Å². The maximum atomic E-state index is 10.4. The van der Waals surface area contributed by atoms with Crippen LogP contribution in [0.5, 0.6) is 0 Å². The molecule has 0 aliphatic carbocycles. The Morgan fingerprint density at radius 1 is 1.50 bits per heavy atom. The third kappa shape index (κ3) is 1.83. The molecule has 0 saturated carbocycles. The molecule has 0 saturated heterocycles. The van der Waals surface area contributed by atoms with Crippen molar-refractivity contribution in [2.24, 2.45) is 5.73 Å². The van der Waals surface area contributed by atoms with E-state index in [0.717, 1.165) is 0 Å². The first-order chi connectivity index (χ1) is 4.30. The van der Waals surface area contributed by atoms with Crippen molar-refractivity contribution in [1.29, 1.82) is 0 Å². The van der Waals surface area contributed by atoms with E-state index in [4.69, 9.17) is 5.73 Å². The van der Waals surface area contributed by atoms with Gasteiger partial charge in [0, 0.05) is 6.20 Å². The molecule has 1 aromatic rings. The molecule has 1 rings (SSSR count). The highest BCUT2D eigenvalue weighted by Crippen LogP contribution is 1.88. The maximum absolute atomic E-state index is 10.4. The number of carbonyl (C=O) groups is 1. The van der Waals surface area contributed by atoms with Crippen LogP contribution in [0.4, 0.5) is 0 Å². The molecule has 0 aliphatic heterocycles. The monoisotopic (exact) mass is 140 g/mol. The molecule has 0 spiro atoms. The summed E-state index contributed by atoms with van der Waals surface area (Å²) in [5.74, 6) is -0.490. The van der Waals surface area contributed by atoms with Gasteiger partial charge in [0.05, 0.1) is 0 Å². The summed E-state index contributed by atoms with van der Waals surface area (Å²) in [5, 5.41) is 0. The van der Waals surface area contributed by atoms with Crippen molar-refractivity contribution >= 4 is 5.91 Å². The number of nitrogens with two attached hydrogens (primary N) is 1. The first kappa shape index (κ1) is 8.58. The summed E-state index contributed by atoms with van der Waals surface area (Å²) < 4.78 is 0. The van der Waals surface area contributed by atoms with Crippen LogP contribution in [0.15, 0.2) is 24.4 Å². The normalized spacial score (nSPS) is 8.00. The van der Waals surface area contributed by atoms with Gasteiger partial charge in [-0.25, -0.2) is 0 Å². The van der Waals surface area contributed by atoms with Gasteiger partial charge >= 0.3 is 0 Å². The maximum Gasteiger partial charge on any atom is 0.267 e. The van der Waals surface area contributed by atoms with E-state index in [0.29, 0.717) is 5.69 Å². The Kier molecular flexibility index (Phi) is 3.07. The van der Waals surface area contributed by atoms with Crippen LogP contribution < -0.4 is 5.73 Å². The van der Waals surface area contributed by atoms with Gasteiger partial charge < -0.3 is 11.2 Å². The average molecular weight is 140 g/mol. The minimum absolute atomic E-state index is 0. The minimum atomic E-state index is -0.490. The van der Waals surface area contributed by atoms with Gasteiger partial charge in [-0.3, -0.25) is 9.78 Å². The van der Waals surface area contributed by atoms with Gasteiger partial charge in [0.25, 0.3) is 5.91 Å². The van der Waals surface area contributed by atoms with Gasteiger partial charge in [0.2, 0.25) is 0 Å². The molecule has 0 unspecified atom stereocenters. The highest BCUT2D eigenvalue weighted by atomic mass is 16.1. The van der Waals surface area contributed by atoms with Crippen molar-refractivity contribution < 1.29 is 10.3 Å². The molecule has 4 N–H and O–H groups in total. The fourth-order valence-electron chi connectivity index (χ4n) is 0.509. The minimum Gasteiger partial charge on any atom is -0.412 e. The first-order valence-electron chi connectivity index (χ1n) is 2.51. The molecular weight excluding hydrogens is 132 g/mol. The Morgan fingerprint density at radius 2 is 2.20 bits per heavy atom. The Balaban J connectivity index is 0.000000810. The van der Waals surface area contributed by atoms with Crippen LogP contribution in [0.1, 0.15) is 10.5 Å². The van der Waals surface area contributed by atoms with E-state index in [1.807, 2.05) is 0 Å².